The van der Waals surface area contributed by atoms with Gasteiger partial charge >= 0.3 is 0 Å². The lowest BCUT2D eigenvalue weighted by Gasteiger charge is -2.17. The molecule has 0 aliphatic rings. The number of nitrogens with two attached hydrogens (primary N) is 2. The molecule has 7 nitrogen and oxygen atoms in total. The minimum Gasteiger partial charge on any atom is -0.403 e. The Kier molecular flexibility index (Phi) is 7.27. The van der Waals surface area contributed by atoms with Gasteiger partial charge in [0, 0.05) is 19.8 Å². The van der Waals surface area contributed by atoms with Gasteiger partial charge in [-0.3, -0.25) is 4.99 Å². The zero-order valence-corrected chi connectivity index (χ0v) is 9.64. The van der Waals surface area contributed by atoms with E-state index < -0.39 is 12.2 Å². The molecule has 0 spiro atoms. The first-order chi connectivity index (χ1) is 7.56. The van der Waals surface area contributed by atoms with Gasteiger partial charge in [0.15, 0.2) is 0 Å². The van der Waals surface area contributed by atoms with Gasteiger partial charge in [-0.15, -0.1) is 0 Å². The number of aliphatic hydroxyl groups excluding tert-OH is 2. The summed E-state index contributed by atoms with van der Waals surface area (Å²) in [6.07, 6.45) is -0.360. The summed E-state index contributed by atoms with van der Waals surface area (Å²) in [6.45, 7) is 1.81. The van der Waals surface area contributed by atoms with Crippen LogP contribution >= 0.6 is 0 Å². The van der Waals surface area contributed by atoms with Gasteiger partial charge in [0.25, 0.3) is 0 Å². The number of aliphatic hydroxyl groups is 2. The lowest BCUT2D eigenvalue weighted by atomic mass is 10.2. The van der Waals surface area contributed by atoms with Crippen LogP contribution in [0.15, 0.2) is 16.9 Å². The SMILES string of the molecule is CNC(=N/CN)/C(=C\N)NCC(O)C(C)O. The highest BCUT2D eigenvalue weighted by Crippen LogP contribution is 1.94. The van der Waals surface area contributed by atoms with Crippen molar-refractivity contribution >= 4 is 5.84 Å². The third-order valence-electron chi connectivity index (χ3n) is 1.97. The second kappa shape index (κ2) is 7.91. The molecule has 2 atom stereocenters. The predicted octanol–water partition coefficient (Wildman–Crippen LogP) is -2.35. The van der Waals surface area contributed by atoms with Crippen molar-refractivity contribution in [2.45, 2.75) is 19.1 Å². The van der Waals surface area contributed by atoms with Crippen LogP contribution in [0.25, 0.3) is 0 Å². The van der Waals surface area contributed by atoms with E-state index in [1.165, 1.54) is 13.1 Å². The summed E-state index contributed by atoms with van der Waals surface area (Å²) >= 11 is 0. The zero-order chi connectivity index (χ0) is 12.6. The first-order valence-corrected chi connectivity index (χ1v) is 5.01. The number of nitrogens with one attached hydrogen (secondary N) is 2. The van der Waals surface area contributed by atoms with Crippen LogP contribution in [-0.2, 0) is 0 Å². The molecule has 0 aliphatic carbocycles. The lowest BCUT2D eigenvalue weighted by molar-refractivity contribution is 0.0336. The zero-order valence-electron chi connectivity index (χ0n) is 9.64. The van der Waals surface area contributed by atoms with Crippen LogP contribution in [0.2, 0.25) is 0 Å². The fourth-order valence-corrected chi connectivity index (χ4v) is 0.997. The predicted molar refractivity (Wildman–Crippen MR) is 63.5 cm³/mol. The van der Waals surface area contributed by atoms with Gasteiger partial charge in [0.2, 0.25) is 0 Å². The Hall–Kier alpha value is -1.31. The molecular formula is C9H21N5O2. The molecule has 0 saturated heterocycles. The minimum atomic E-state index is -0.870. The summed E-state index contributed by atoms with van der Waals surface area (Å²) in [5.74, 6) is 0.503. The normalized spacial score (nSPS) is 16.8. The summed E-state index contributed by atoms with van der Waals surface area (Å²) in [5, 5.41) is 24.2. The summed E-state index contributed by atoms with van der Waals surface area (Å²) < 4.78 is 0. The molecule has 94 valence electrons. The standard InChI is InChI=1S/C9H21N5O2/c1-6(15)8(16)4-13-7(3-10)9(12-2)14-5-11/h3,6,8,13,15-16H,4-5,10-11H2,1-2H3,(H,12,14)/b7-3+. The van der Waals surface area contributed by atoms with Crippen molar-refractivity contribution in [3.05, 3.63) is 11.9 Å². The summed E-state index contributed by atoms with van der Waals surface area (Å²) in [7, 11) is 1.69. The smallest absolute Gasteiger partial charge is 0.147 e. The van der Waals surface area contributed by atoms with E-state index in [-0.39, 0.29) is 13.2 Å². The molecule has 2 unspecified atom stereocenters. The van der Waals surface area contributed by atoms with E-state index in [0.29, 0.717) is 11.5 Å². The first kappa shape index (κ1) is 14.7. The number of rotatable bonds is 6. The van der Waals surface area contributed by atoms with Gasteiger partial charge in [-0.25, -0.2) is 0 Å². The van der Waals surface area contributed by atoms with Crippen LogP contribution in [0, 0.1) is 0 Å². The van der Waals surface area contributed by atoms with Crippen LogP contribution in [0.1, 0.15) is 6.92 Å². The Morgan fingerprint density at radius 1 is 1.50 bits per heavy atom. The molecule has 7 heteroatoms. The van der Waals surface area contributed by atoms with Gasteiger partial charge in [0.05, 0.1) is 24.6 Å². The van der Waals surface area contributed by atoms with E-state index in [1.54, 1.807) is 7.05 Å². The van der Waals surface area contributed by atoms with Crippen LogP contribution < -0.4 is 22.1 Å². The summed E-state index contributed by atoms with van der Waals surface area (Å²) in [5.41, 5.74) is 11.2. The molecule has 0 aromatic rings. The molecule has 0 fully saturated rings. The monoisotopic (exact) mass is 231 g/mol. The molecule has 0 saturated carbocycles. The molecule has 0 rings (SSSR count). The number of nitrogens with zero attached hydrogens (tertiary/aromatic N) is 1. The van der Waals surface area contributed by atoms with Crippen molar-refractivity contribution in [2.75, 3.05) is 20.3 Å². The van der Waals surface area contributed by atoms with Gasteiger partial charge in [-0.05, 0) is 6.92 Å². The molecule has 0 radical (unpaired) electrons. The van der Waals surface area contributed by atoms with Crippen molar-refractivity contribution in [2.24, 2.45) is 16.5 Å². The summed E-state index contributed by atoms with van der Waals surface area (Å²) in [4.78, 5) is 3.97. The molecule has 0 bridgehead atoms. The molecule has 16 heavy (non-hydrogen) atoms. The molecule has 0 aliphatic heterocycles. The molecular weight excluding hydrogens is 210 g/mol. The van der Waals surface area contributed by atoms with Crippen LogP contribution in [0.4, 0.5) is 0 Å². The Labute approximate surface area is 95.2 Å². The quantitative estimate of drug-likeness (QED) is 0.224. The lowest BCUT2D eigenvalue weighted by Crippen LogP contribution is -2.38. The van der Waals surface area contributed by atoms with E-state index in [1.807, 2.05) is 0 Å². The van der Waals surface area contributed by atoms with E-state index in [9.17, 15) is 5.11 Å². The van der Waals surface area contributed by atoms with Crippen LogP contribution in [0.3, 0.4) is 0 Å². The number of hydrogen-bond donors (Lipinski definition) is 6. The maximum Gasteiger partial charge on any atom is 0.147 e. The van der Waals surface area contributed by atoms with E-state index >= 15 is 0 Å². The summed E-state index contributed by atoms with van der Waals surface area (Å²) in [6, 6.07) is 0. The van der Waals surface area contributed by atoms with Gasteiger partial charge in [0.1, 0.15) is 5.84 Å². The number of likely N-dealkylation sites (N-methyl/N-ethyl adjacent to an activating group) is 1. The van der Waals surface area contributed by atoms with Crippen molar-refractivity contribution in [3.8, 4) is 0 Å². The van der Waals surface area contributed by atoms with E-state index in [4.69, 9.17) is 16.6 Å². The van der Waals surface area contributed by atoms with Crippen molar-refractivity contribution in [3.63, 3.8) is 0 Å². The molecule has 0 amide bonds. The number of amidine groups is 1. The maximum absolute atomic E-state index is 9.39. The highest BCUT2D eigenvalue weighted by atomic mass is 16.3. The minimum absolute atomic E-state index is 0.133. The average molecular weight is 231 g/mol. The largest absolute Gasteiger partial charge is 0.403 e. The van der Waals surface area contributed by atoms with Crippen molar-refractivity contribution in [1.82, 2.24) is 10.6 Å². The average Bonchev–Trinajstić information content (AvgIpc) is 2.27. The highest BCUT2D eigenvalue weighted by Gasteiger charge is 2.12. The van der Waals surface area contributed by atoms with Gasteiger partial charge < -0.3 is 32.3 Å². The maximum atomic E-state index is 9.39. The third kappa shape index (κ3) is 4.96. The van der Waals surface area contributed by atoms with Crippen LogP contribution in [0.5, 0.6) is 0 Å². The van der Waals surface area contributed by atoms with Crippen molar-refractivity contribution < 1.29 is 10.2 Å². The van der Waals surface area contributed by atoms with Crippen molar-refractivity contribution in [1.29, 1.82) is 0 Å². The number of aliphatic imine (C=N–C) groups is 1. The Morgan fingerprint density at radius 3 is 2.50 bits per heavy atom. The Morgan fingerprint density at radius 2 is 2.12 bits per heavy atom. The molecule has 0 aromatic heterocycles. The first-order valence-electron chi connectivity index (χ1n) is 5.01. The second-order valence-corrected chi connectivity index (χ2v) is 3.21. The third-order valence-corrected chi connectivity index (χ3v) is 1.97. The molecule has 8 N–H and O–H groups in total. The Bertz CT molecular complexity index is 252. The van der Waals surface area contributed by atoms with E-state index in [0.717, 1.165) is 0 Å². The van der Waals surface area contributed by atoms with Gasteiger partial charge in [-0.2, -0.15) is 0 Å². The van der Waals surface area contributed by atoms with E-state index in [2.05, 4.69) is 15.6 Å². The van der Waals surface area contributed by atoms with Gasteiger partial charge in [-0.1, -0.05) is 0 Å². The fraction of sp³-hybridized carbons (Fsp3) is 0.667. The second-order valence-electron chi connectivity index (χ2n) is 3.21. The Balaban J connectivity index is 4.37. The highest BCUT2D eigenvalue weighted by molar-refractivity contribution is 5.97. The molecule has 0 aromatic carbocycles. The number of hydrogen-bond acceptors (Lipinski definition) is 6. The van der Waals surface area contributed by atoms with Crippen LogP contribution in [-0.4, -0.2) is 48.5 Å². The fourth-order valence-electron chi connectivity index (χ4n) is 0.997. The molecule has 0 heterocycles. The topological polar surface area (TPSA) is 129 Å².